The highest BCUT2D eigenvalue weighted by Gasteiger charge is 2.43. The topological polar surface area (TPSA) is 83.0 Å². The summed E-state index contributed by atoms with van der Waals surface area (Å²) in [5.74, 6) is 1.75. The second kappa shape index (κ2) is 9.21. The van der Waals surface area contributed by atoms with Crippen molar-refractivity contribution in [2.45, 2.75) is 43.7 Å². The number of aryl methyl sites for hydroxylation is 2. The van der Waals surface area contributed by atoms with E-state index in [1.807, 2.05) is 44.2 Å². The number of rotatable bonds is 5. The van der Waals surface area contributed by atoms with E-state index in [-0.39, 0.29) is 5.54 Å². The molecule has 2 aromatic rings. The fourth-order valence-corrected chi connectivity index (χ4v) is 6.29. The Labute approximate surface area is 190 Å². The smallest absolute Gasteiger partial charge is 0.243 e. The molecule has 2 N–H and O–H groups in total. The molecule has 0 amide bonds. The highest BCUT2D eigenvalue weighted by atomic mass is 32.2. The van der Waals surface area contributed by atoms with E-state index in [0.717, 1.165) is 34.8 Å². The number of benzene rings is 2. The number of ether oxygens (including phenoxy) is 1. The monoisotopic (exact) mass is 456 g/mol. The highest BCUT2D eigenvalue weighted by molar-refractivity contribution is 7.89. The summed E-state index contributed by atoms with van der Waals surface area (Å²) in [6, 6.07) is 13.5. The first-order chi connectivity index (χ1) is 15.3. The van der Waals surface area contributed by atoms with Crippen LogP contribution in [0.15, 0.2) is 52.4 Å². The average Bonchev–Trinajstić information content (AvgIpc) is 2.79. The van der Waals surface area contributed by atoms with Gasteiger partial charge in [-0.3, -0.25) is 4.99 Å². The van der Waals surface area contributed by atoms with Gasteiger partial charge in [-0.25, -0.2) is 8.42 Å². The summed E-state index contributed by atoms with van der Waals surface area (Å²) in [6.07, 6.45) is 1.36. The van der Waals surface area contributed by atoms with Gasteiger partial charge in [-0.15, -0.1) is 0 Å². The zero-order valence-corrected chi connectivity index (χ0v) is 19.8. The number of hydrogen-bond acceptors (Lipinski definition) is 6. The number of sulfonamides is 1. The van der Waals surface area contributed by atoms with Crippen LogP contribution in [0.3, 0.4) is 0 Å². The predicted molar refractivity (Wildman–Crippen MR) is 127 cm³/mol. The van der Waals surface area contributed by atoms with Gasteiger partial charge in [-0.2, -0.15) is 4.31 Å². The Balaban J connectivity index is 1.46. The van der Waals surface area contributed by atoms with E-state index < -0.39 is 10.0 Å². The molecule has 2 aliphatic rings. The van der Waals surface area contributed by atoms with Crippen molar-refractivity contribution in [1.29, 1.82) is 0 Å². The van der Waals surface area contributed by atoms with Crippen molar-refractivity contribution < 1.29 is 13.2 Å². The third kappa shape index (κ3) is 4.53. The number of piperidine rings is 1. The third-order valence-corrected chi connectivity index (χ3v) is 8.48. The zero-order chi connectivity index (χ0) is 22.8. The van der Waals surface area contributed by atoms with Gasteiger partial charge in [0.15, 0.2) is 0 Å². The maximum atomic E-state index is 13.3. The molecule has 0 aliphatic carbocycles. The standard InChI is InChI=1S/C24H32N4O3S/c1-18-7-8-22(19(2)15-18)32(29,30)28-13-9-24(10-14-28)23(25-11-12-27-24)26-17-20-5-4-6-21(16-20)31-3/h4-8,15-16,27H,9-14,17H2,1-3H3,(H,25,26). The molecule has 1 fully saturated rings. The van der Waals surface area contributed by atoms with Crippen LogP contribution in [0, 0.1) is 13.8 Å². The minimum atomic E-state index is -3.51. The summed E-state index contributed by atoms with van der Waals surface area (Å²) in [4.78, 5) is 5.18. The minimum Gasteiger partial charge on any atom is -0.497 e. The number of nitrogens with one attached hydrogen (secondary N) is 2. The summed E-state index contributed by atoms with van der Waals surface area (Å²) in [6.45, 7) is 6.92. The number of nitrogens with zero attached hydrogens (tertiary/aromatic N) is 2. The maximum Gasteiger partial charge on any atom is 0.243 e. The molecule has 0 saturated carbocycles. The first-order valence-electron chi connectivity index (χ1n) is 11.1. The SMILES string of the molecule is COc1cccc(CNC2=NCCNC23CCN(S(=O)(=O)c2ccc(C)cc2C)CC3)c1. The molecule has 4 rings (SSSR count). The molecule has 172 valence electrons. The van der Waals surface area contributed by atoms with Gasteiger partial charge in [0.25, 0.3) is 0 Å². The van der Waals surface area contributed by atoms with Crippen LogP contribution in [0.5, 0.6) is 5.75 Å². The van der Waals surface area contributed by atoms with Crippen LogP contribution >= 0.6 is 0 Å². The van der Waals surface area contributed by atoms with E-state index in [1.54, 1.807) is 17.5 Å². The lowest BCUT2D eigenvalue weighted by atomic mass is 9.85. The maximum absolute atomic E-state index is 13.3. The molecule has 8 heteroatoms. The largest absolute Gasteiger partial charge is 0.497 e. The van der Waals surface area contributed by atoms with Gasteiger partial charge in [-0.1, -0.05) is 29.8 Å². The summed E-state index contributed by atoms with van der Waals surface area (Å²) < 4.78 is 33.5. The number of aliphatic imine (C=N–C) groups is 1. The van der Waals surface area contributed by atoms with Crippen molar-refractivity contribution in [1.82, 2.24) is 14.9 Å². The Kier molecular flexibility index (Phi) is 6.55. The van der Waals surface area contributed by atoms with Gasteiger partial charge in [0.2, 0.25) is 10.0 Å². The van der Waals surface area contributed by atoms with Crippen LogP contribution in [-0.4, -0.2) is 57.4 Å². The van der Waals surface area contributed by atoms with Crippen LogP contribution in [-0.2, 0) is 16.6 Å². The van der Waals surface area contributed by atoms with E-state index in [1.165, 1.54) is 0 Å². The third-order valence-electron chi connectivity index (χ3n) is 6.42. The van der Waals surface area contributed by atoms with Crippen molar-refractivity contribution in [3.63, 3.8) is 0 Å². The first kappa shape index (κ1) is 22.8. The van der Waals surface area contributed by atoms with Crippen molar-refractivity contribution in [2.24, 2.45) is 4.99 Å². The summed E-state index contributed by atoms with van der Waals surface area (Å²) >= 11 is 0. The number of hydrogen-bond donors (Lipinski definition) is 2. The van der Waals surface area contributed by atoms with Crippen molar-refractivity contribution in [3.8, 4) is 5.75 Å². The zero-order valence-electron chi connectivity index (χ0n) is 19.0. The van der Waals surface area contributed by atoms with Crippen molar-refractivity contribution in [2.75, 3.05) is 33.3 Å². The number of amidine groups is 1. The highest BCUT2D eigenvalue weighted by Crippen LogP contribution is 2.30. The Morgan fingerprint density at radius 1 is 1.16 bits per heavy atom. The summed E-state index contributed by atoms with van der Waals surface area (Å²) in [5, 5.41) is 7.15. The van der Waals surface area contributed by atoms with Crippen LogP contribution in [0.2, 0.25) is 0 Å². The van der Waals surface area contributed by atoms with E-state index in [4.69, 9.17) is 9.73 Å². The molecule has 1 spiro atoms. The van der Waals surface area contributed by atoms with Gasteiger partial charge in [0.1, 0.15) is 11.6 Å². The molecule has 32 heavy (non-hydrogen) atoms. The molecule has 0 aromatic heterocycles. The molecular weight excluding hydrogens is 424 g/mol. The molecule has 2 aromatic carbocycles. The second-order valence-corrected chi connectivity index (χ2v) is 10.5. The Hall–Kier alpha value is -2.42. The van der Waals surface area contributed by atoms with Gasteiger partial charge in [-0.05, 0) is 56.0 Å². The predicted octanol–water partition coefficient (Wildman–Crippen LogP) is 2.63. The fraction of sp³-hybridized carbons (Fsp3) is 0.458. The first-order valence-corrected chi connectivity index (χ1v) is 12.5. The molecule has 1 saturated heterocycles. The Bertz CT molecular complexity index is 1110. The van der Waals surface area contributed by atoms with Gasteiger partial charge < -0.3 is 15.4 Å². The van der Waals surface area contributed by atoms with Crippen LogP contribution < -0.4 is 15.4 Å². The van der Waals surface area contributed by atoms with Crippen molar-refractivity contribution >= 4 is 15.9 Å². The quantitative estimate of drug-likeness (QED) is 0.723. The summed E-state index contributed by atoms with van der Waals surface area (Å²) in [7, 11) is -1.85. The molecule has 2 heterocycles. The Morgan fingerprint density at radius 2 is 1.94 bits per heavy atom. The lowest BCUT2D eigenvalue weighted by Crippen LogP contribution is -2.64. The molecule has 2 aliphatic heterocycles. The minimum absolute atomic E-state index is 0.314. The number of methoxy groups -OCH3 is 1. The Morgan fingerprint density at radius 3 is 2.66 bits per heavy atom. The van der Waals surface area contributed by atoms with Crippen LogP contribution in [0.25, 0.3) is 0 Å². The van der Waals surface area contributed by atoms with Gasteiger partial charge in [0.05, 0.1) is 24.1 Å². The van der Waals surface area contributed by atoms with E-state index in [2.05, 4.69) is 16.7 Å². The van der Waals surface area contributed by atoms with Crippen LogP contribution in [0.4, 0.5) is 0 Å². The van der Waals surface area contributed by atoms with E-state index in [9.17, 15) is 8.42 Å². The molecule has 0 unspecified atom stereocenters. The van der Waals surface area contributed by atoms with Crippen LogP contribution in [0.1, 0.15) is 29.5 Å². The van der Waals surface area contributed by atoms with Gasteiger partial charge in [0, 0.05) is 26.2 Å². The molecule has 7 nitrogen and oxygen atoms in total. The second-order valence-electron chi connectivity index (χ2n) is 8.62. The lowest BCUT2D eigenvalue weighted by molar-refractivity contribution is 0.241. The lowest BCUT2D eigenvalue weighted by Gasteiger charge is -2.44. The van der Waals surface area contributed by atoms with Gasteiger partial charge >= 0.3 is 0 Å². The van der Waals surface area contributed by atoms with E-state index in [0.29, 0.717) is 43.9 Å². The molecular formula is C24H32N4O3S. The molecule has 0 bridgehead atoms. The fourth-order valence-electron chi connectivity index (χ4n) is 4.64. The van der Waals surface area contributed by atoms with Crippen molar-refractivity contribution in [3.05, 3.63) is 59.2 Å². The molecule has 0 radical (unpaired) electrons. The normalized spacial score (nSPS) is 18.9. The molecule has 0 atom stereocenters. The van der Waals surface area contributed by atoms with E-state index >= 15 is 0 Å². The summed E-state index contributed by atoms with van der Waals surface area (Å²) in [5.41, 5.74) is 2.66. The average molecular weight is 457 g/mol.